The van der Waals surface area contributed by atoms with Crippen molar-refractivity contribution in [3.8, 4) is 0 Å². The molecule has 0 radical (unpaired) electrons. The first kappa shape index (κ1) is 16.0. The third-order valence-electron chi connectivity index (χ3n) is 5.09. The van der Waals surface area contributed by atoms with E-state index in [9.17, 15) is 8.42 Å². The molecule has 0 spiro atoms. The predicted molar refractivity (Wildman–Crippen MR) is 89.1 cm³/mol. The Morgan fingerprint density at radius 3 is 2.59 bits per heavy atom. The molecule has 1 aliphatic heterocycles. The van der Waals surface area contributed by atoms with Crippen molar-refractivity contribution in [1.82, 2.24) is 9.62 Å². The molecule has 3 rings (SSSR count). The first-order valence-electron chi connectivity index (χ1n) is 8.28. The van der Waals surface area contributed by atoms with Gasteiger partial charge in [0.15, 0.2) is 0 Å². The van der Waals surface area contributed by atoms with Crippen LogP contribution in [0.4, 0.5) is 0 Å². The number of sulfonamides is 1. The molecule has 1 unspecified atom stereocenters. The summed E-state index contributed by atoms with van der Waals surface area (Å²) in [4.78, 5) is 2.25. The van der Waals surface area contributed by atoms with Crippen molar-refractivity contribution in [2.45, 2.75) is 44.7 Å². The maximum atomic E-state index is 12.3. The van der Waals surface area contributed by atoms with Crippen LogP contribution in [0.1, 0.15) is 36.8 Å². The van der Waals surface area contributed by atoms with Crippen LogP contribution in [0.15, 0.2) is 24.3 Å². The number of rotatable bonds is 5. The maximum absolute atomic E-state index is 12.3. The Labute approximate surface area is 134 Å². The molecule has 0 aromatic heterocycles. The summed E-state index contributed by atoms with van der Waals surface area (Å²) in [7, 11) is -1.07. The van der Waals surface area contributed by atoms with Crippen molar-refractivity contribution in [3.63, 3.8) is 0 Å². The van der Waals surface area contributed by atoms with Crippen molar-refractivity contribution < 1.29 is 8.42 Å². The van der Waals surface area contributed by atoms with Gasteiger partial charge in [0, 0.05) is 19.1 Å². The first-order chi connectivity index (χ1) is 10.5. The van der Waals surface area contributed by atoms with E-state index in [-0.39, 0.29) is 6.04 Å². The minimum atomic E-state index is -3.14. The summed E-state index contributed by atoms with van der Waals surface area (Å²) in [5.41, 5.74) is 2.70. The summed E-state index contributed by atoms with van der Waals surface area (Å²) in [6.07, 6.45) is 5.42. The summed E-state index contributed by atoms with van der Waals surface area (Å²) >= 11 is 0. The smallest absolute Gasteiger partial charge is 0.211 e. The Kier molecular flexibility index (Phi) is 4.85. The largest absolute Gasteiger partial charge is 0.298 e. The molecule has 1 saturated carbocycles. The minimum absolute atomic E-state index is 0.244. The molecule has 2 aliphatic rings. The number of nitrogens with zero attached hydrogens (tertiary/aromatic N) is 1. The molecule has 1 fully saturated rings. The van der Waals surface area contributed by atoms with Crippen molar-refractivity contribution in [2.24, 2.45) is 5.92 Å². The van der Waals surface area contributed by atoms with Crippen molar-refractivity contribution in [1.29, 1.82) is 0 Å². The highest BCUT2D eigenvalue weighted by Gasteiger charge is 2.26. The third kappa shape index (κ3) is 3.89. The van der Waals surface area contributed by atoms with Crippen molar-refractivity contribution >= 4 is 10.0 Å². The summed E-state index contributed by atoms with van der Waals surface area (Å²) in [6.45, 7) is 1.41. The van der Waals surface area contributed by atoms with Crippen molar-refractivity contribution in [3.05, 3.63) is 35.4 Å². The van der Waals surface area contributed by atoms with E-state index in [0.29, 0.717) is 18.2 Å². The van der Waals surface area contributed by atoms with E-state index in [4.69, 9.17) is 0 Å². The van der Waals surface area contributed by atoms with E-state index in [1.165, 1.54) is 24.0 Å². The van der Waals surface area contributed by atoms with E-state index in [2.05, 4.69) is 40.9 Å². The molecule has 1 N–H and O–H groups in total. The van der Waals surface area contributed by atoms with Gasteiger partial charge in [0.2, 0.25) is 10.0 Å². The highest BCUT2D eigenvalue weighted by atomic mass is 32.2. The molecule has 4 nitrogen and oxygen atoms in total. The van der Waals surface area contributed by atoms with Gasteiger partial charge in [-0.1, -0.05) is 37.1 Å². The van der Waals surface area contributed by atoms with Crippen LogP contribution in [0, 0.1) is 5.92 Å². The number of likely N-dealkylation sites (N-methyl/N-ethyl adjacent to an activating group) is 1. The van der Waals surface area contributed by atoms with Gasteiger partial charge in [-0.2, -0.15) is 0 Å². The van der Waals surface area contributed by atoms with Crippen LogP contribution >= 0.6 is 0 Å². The highest BCUT2D eigenvalue weighted by molar-refractivity contribution is 7.89. The van der Waals surface area contributed by atoms with Crippen LogP contribution < -0.4 is 4.72 Å². The lowest BCUT2D eigenvalue weighted by Crippen LogP contribution is -2.46. The zero-order valence-corrected chi connectivity index (χ0v) is 14.1. The van der Waals surface area contributed by atoms with E-state index < -0.39 is 10.0 Å². The molecular weight excluding hydrogens is 296 g/mol. The van der Waals surface area contributed by atoms with Crippen LogP contribution in [0.5, 0.6) is 0 Å². The second-order valence-electron chi connectivity index (χ2n) is 6.82. The average molecular weight is 322 g/mol. The molecule has 1 atom stereocenters. The molecule has 1 aromatic carbocycles. The van der Waals surface area contributed by atoms with E-state index >= 15 is 0 Å². The van der Waals surface area contributed by atoms with E-state index in [0.717, 1.165) is 25.8 Å². The fraction of sp³-hybridized carbons (Fsp3) is 0.647. The second-order valence-corrected chi connectivity index (χ2v) is 8.67. The van der Waals surface area contributed by atoms with E-state index in [1.54, 1.807) is 0 Å². The van der Waals surface area contributed by atoms with Gasteiger partial charge >= 0.3 is 0 Å². The molecule has 5 heteroatoms. The van der Waals surface area contributed by atoms with Gasteiger partial charge in [-0.3, -0.25) is 4.90 Å². The Hall–Kier alpha value is -0.910. The van der Waals surface area contributed by atoms with Gasteiger partial charge in [-0.15, -0.1) is 0 Å². The molecule has 1 aliphatic carbocycles. The number of benzene rings is 1. The van der Waals surface area contributed by atoms with Gasteiger partial charge in [0.25, 0.3) is 0 Å². The summed E-state index contributed by atoms with van der Waals surface area (Å²) in [5, 5.41) is 0. The Morgan fingerprint density at radius 2 is 1.86 bits per heavy atom. The number of fused-ring (bicyclic) bond motifs is 1. The molecule has 0 amide bonds. The Balaban J connectivity index is 1.57. The highest BCUT2D eigenvalue weighted by Crippen LogP contribution is 2.26. The monoisotopic (exact) mass is 322 g/mol. The third-order valence-corrected chi connectivity index (χ3v) is 6.60. The zero-order valence-electron chi connectivity index (χ0n) is 13.3. The average Bonchev–Trinajstić information content (AvgIpc) is 2.97. The topological polar surface area (TPSA) is 49.4 Å². The van der Waals surface area contributed by atoms with Crippen LogP contribution in [0.3, 0.4) is 0 Å². The first-order valence-corrected chi connectivity index (χ1v) is 9.93. The lowest BCUT2D eigenvalue weighted by Gasteiger charge is -2.34. The molecule has 1 aromatic rings. The fourth-order valence-corrected chi connectivity index (χ4v) is 5.23. The van der Waals surface area contributed by atoms with Gasteiger partial charge in [-0.05, 0) is 43.4 Å². The SMILES string of the molecule is CN1Cc2ccccc2CC1CNS(=O)(=O)CC1CCCC1. The molecule has 122 valence electrons. The van der Waals surface area contributed by atoms with Crippen LogP contribution in [0.25, 0.3) is 0 Å². The predicted octanol–water partition coefficient (Wildman–Crippen LogP) is 2.15. The Morgan fingerprint density at radius 1 is 1.18 bits per heavy atom. The van der Waals surface area contributed by atoms with Gasteiger partial charge in [-0.25, -0.2) is 13.1 Å². The minimum Gasteiger partial charge on any atom is -0.298 e. The number of nitrogens with one attached hydrogen (secondary N) is 1. The summed E-state index contributed by atoms with van der Waals surface area (Å²) < 4.78 is 27.4. The standard InChI is InChI=1S/C17H26N2O2S/c1-19-12-16-9-5-4-8-15(16)10-17(19)11-18-22(20,21)13-14-6-2-3-7-14/h4-5,8-9,14,17-18H,2-3,6-7,10-13H2,1H3. The fourth-order valence-electron chi connectivity index (χ4n) is 3.72. The van der Waals surface area contributed by atoms with Crippen molar-refractivity contribution in [2.75, 3.05) is 19.3 Å². The molecule has 22 heavy (non-hydrogen) atoms. The molecular formula is C17H26N2O2S. The molecule has 1 heterocycles. The maximum Gasteiger partial charge on any atom is 0.211 e. The summed E-state index contributed by atoms with van der Waals surface area (Å²) in [6, 6.07) is 8.69. The Bertz CT molecular complexity index is 609. The van der Waals surface area contributed by atoms with Crippen LogP contribution in [0.2, 0.25) is 0 Å². The quantitative estimate of drug-likeness (QED) is 0.904. The normalized spacial score (nSPS) is 23.6. The summed E-state index contributed by atoms with van der Waals surface area (Å²) in [5.74, 6) is 0.669. The van der Waals surface area contributed by atoms with Gasteiger partial charge in [0.05, 0.1) is 5.75 Å². The number of hydrogen-bond donors (Lipinski definition) is 1. The lowest BCUT2D eigenvalue weighted by atomic mass is 9.95. The van der Waals surface area contributed by atoms with Gasteiger partial charge < -0.3 is 0 Å². The van der Waals surface area contributed by atoms with Crippen LogP contribution in [-0.4, -0.2) is 38.7 Å². The lowest BCUT2D eigenvalue weighted by molar-refractivity contribution is 0.216. The zero-order chi connectivity index (χ0) is 15.6. The number of hydrogen-bond acceptors (Lipinski definition) is 3. The molecule has 0 saturated heterocycles. The van der Waals surface area contributed by atoms with Crippen LogP contribution in [-0.2, 0) is 23.0 Å². The molecule has 0 bridgehead atoms. The van der Waals surface area contributed by atoms with Gasteiger partial charge in [0.1, 0.15) is 0 Å². The second kappa shape index (κ2) is 6.69. The van der Waals surface area contributed by atoms with E-state index in [1.807, 2.05) is 0 Å².